The summed E-state index contributed by atoms with van der Waals surface area (Å²) in [6, 6.07) is 10.6. The van der Waals surface area contributed by atoms with Crippen LogP contribution in [-0.4, -0.2) is 26.5 Å². The zero-order valence-corrected chi connectivity index (χ0v) is 13.3. The van der Waals surface area contributed by atoms with Crippen molar-refractivity contribution in [3.8, 4) is 0 Å². The van der Waals surface area contributed by atoms with E-state index in [1.165, 1.54) is 10.9 Å². The van der Waals surface area contributed by atoms with Gasteiger partial charge in [0.2, 0.25) is 0 Å². The van der Waals surface area contributed by atoms with E-state index in [1.807, 2.05) is 6.07 Å². The lowest BCUT2D eigenvalue weighted by Crippen LogP contribution is -2.23. The molecule has 1 amide bonds. The van der Waals surface area contributed by atoms with Gasteiger partial charge in [-0.1, -0.05) is 18.2 Å². The molecule has 3 aromatic rings. The molecule has 3 rings (SSSR count). The Morgan fingerprint density at radius 3 is 2.56 bits per heavy atom. The summed E-state index contributed by atoms with van der Waals surface area (Å²) in [6.45, 7) is 0.476. The Labute approximate surface area is 144 Å². The van der Waals surface area contributed by atoms with Crippen molar-refractivity contribution in [3.05, 3.63) is 84.2 Å². The van der Waals surface area contributed by atoms with Gasteiger partial charge < -0.3 is 10.1 Å². The van der Waals surface area contributed by atoms with Crippen LogP contribution < -0.4 is 5.32 Å². The number of benzene rings is 1. The Balaban J connectivity index is 1.48. The van der Waals surface area contributed by atoms with Crippen molar-refractivity contribution < 1.29 is 14.3 Å². The van der Waals surface area contributed by atoms with Crippen LogP contribution in [-0.2, 0) is 17.9 Å². The van der Waals surface area contributed by atoms with Gasteiger partial charge in [0.1, 0.15) is 12.9 Å². The monoisotopic (exact) mass is 336 g/mol. The molecule has 0 atom stereocenters. The number of carbonyl (C=O) groups is 2. The van der Waals surface area contributed by atoms with Crippen molar-refractivity contribution in [2.75, 3.05) is 0 Å². The summed E-state index contributed by atoms with van der Waals surface area (Å²) in [4.78, 5) is 31.6. The van der Waals surface area contributed by atoms with Crippen LogP contribution in [0.2, 0.25) is 0 Å². The fraction of sp³-hybridized carbons (Fsp3) is 0.111. The zero-order chi connectivity index (χ0) is 17.5. The number of hydrogen-bond donors (Lipinski definition) is 1. The van der Waals surface area contributed by atoms with E-state index in [0.29, 0.717) is 12.1 Å². The smallest absolute Gasteiger partial charge is 0.407 e. The fourth-order valence-corrected chi connectivity index (χ4v) is 2.15. The highest BCUT2D eigenvalue weighted by Gasteiger charge is 2.08. The van der Waals surface area contributed by atoms with Crippen molar-refractivity contribution in [2.45, 2.75) is 13.2 Å². The molecule has 0 aliphatic heterocycles. The lowest BCUT2D eigenvalue weighted by Gasteiger charge is -2.08. The molecule has 126 valence electrons. The van der Waals surface area contributed by atoms with Crippen LogP contribution in [0.25, 0.3) is 0 Å². The first kappa shape index (κ1) is 16.4. The van der Waals surface area contributed by atoms with Crippen molar-refractivity contribution in [2.24, 2.45) is 0 Å². The number of ether oxygens (including phenoxy) is 1. The lowest BCUT2D eigenvalue weighted by molar-refractivity contribution is 0.0959. The maximum Gasteiger partial charge on any atom is 0.407 e. The number of aromatic nitrogens is 3. The number of nitrogens with one attached hydrogen (secondary N) is 1. The Hall–Kier alpha value is -3.48. The Bertz CT molecular complexity index is 831. The highest BCUT2D eigenvalue weighted by molar-refractivity contribution is 5.95. The number of nitrogens with zero attached hydrogens (tertiary/aromatic N) is 3. The minimum Gasteiger partial charge on any atom is -0.445 e. The molecule has 0 fully saturated rings. The van der Waals surface area contributed by atoms with Crippen LogP contribution >= 0.6 is 0 Å². The van der Waals surface area contributed by atoms with Gasteiger partial charge in [-0.05, 0) is 23.8 Å². The molecule has 1 aromatic carbocycles. The van der Waals surface area contributed by atoms with E-state index in [4.69, 9.17) is 4.74 Å². The van der Waals surface area contributed by atoms with Crippen molar-refractivity contribution in [3.63, 3.8) is 0 Å². The van der Waals surface area contributed by atoms with E-state index in [0.717, 1.165) is 11.1 Å². The van der Waals surface area contributed by atoms with Crippen LogP contribution in [0.1, 0.15) is 21.5 Å². The summed E-state index contributed by atoms with van der Waals surface area (Å²) in [7, 11) is 0. The summed E-state index contributed by atoms with van der Waals surface area (Å²) in [5.41, 5.74) is 2.22. The molecule has 1 N–H and O–H groups in total. The van der Waals surface area contributed by atoms with E-state index >= 15 is 0 Å². The largest absolute Gasteiger partial charge is 0.445 e. The maximum absolute atomic E-state index is 12.1. The molecule has 0 unspecified atom stereocenters. The van der Waals surface area contributed by atoms with Gasteiger partial charge in [0.05, 0.1) is 0 Å². The number of imidazole rings is 1. The van der Waals surface area contributed by atoms with Crippen LogP contribution in [0, 0.1) is 0 Å². The van der Waals surface area contributed by atoms with Crippen molar-refractivity contribution >= 4 is 12.0 Å². The van der Waals surface area contributed by atoms with Gasteiger partial charge >= 0.3 is 6.09 Å². The summed E-state index contributed by atoms with van der Waals surface area (Å²) in [5.74, 6) is -0.159. The number of amides is 1. The molecular formula is C18H16N4O3. The molecule has 25 heavy (non-hydrogen) atoms. The Morgan fingerprint density at radius 1 is 1.04 bits per heavy atom. The summed E-state index contributed by atoms with van der Waals surface area (Å²) in [6.07, 6.45) is 7.38. The lowest BCUT2D eigenvalue weighted by atomic mass is 10.1. The molecule has 0 radical (unpaired) electrons. The van der Waals surface area contributed by atoms with Gasteiger partial charge in [0.25, 0.3) is 5.91 Å². The van der Waals surface area contributed by atoms with Gasteiger partial charge in [-0.2, -0.15) is 0 Å². The summed E-state index contributed by atoms with van der Waals surface area (Å²) in [5, 5.41) is 2.66. The minimum atomic E-state index is -0.512. The third-order valence-corrected chi connectivity index (χ3v) is 3.47. The fourth-order valence-electron chi connectivity index (χ4n) is 2.15. The second kappa shape index (κ2) is 7.87. The van der Waals surface area contributed by atoms with E-state index in [-0.39, 0.29) is 12.5 Å². The predicted octanol–water partition coefficient (Wildman–Crippen LogP) is 2.39. The quantitative estimate of drug-likeness (QED) is 0.773. The van der Waals surface area contributed by atoms with Crippen LogP contribution in [0.5, 0.6) is 0 Å². The molecule has 0 saturated carbocycles. The number of pyridine rings is 1. The van der Waals surface area contributed by atoms with Gasteiger partial charge in [0.15, 0.2) is 0 Å². The molecule has 0 aliphatic rings. The average Bonchev–Trinajstić information content (AvgIpc) is 3.20. The van der Waals surface area contributed by atoms with Gasteiger partial charge in [-0.25, -0.2) is 9.78 Å². The van der Waals surface area contributed by atoms with Gasteiger partial charge in [0, 0.05) is 42.5 Å². The molecule has 0 bridgehead atoms. The SMILES string of the molecule is O=C(NCc1ccc(C(=O)n2ccnc2)cc1)OCc1cccnc1. The van der Waals surface area contributed by atoms with E-state index in [2.05, 4.69) is 15.3 Å². The van der Waals surface area contributed by atoms with E-state index < -0.39 is 6.09 Å². The number of carbonyl (C=O) groups excluding carboxylic acids is 2. The molecule has 2 heterocycles. The molecule has 7 heteroatoms. The van der Waals surface area contributed by atoms with Crippen LogP contribution in [0.15, 0.2) is 67.5 Å². The Morgan fingerprint density at radius 2 is 1.88 bits per heavy atom. The van der Waals surface area contributed by atoms with Gasteiger partial charge in [-0.15, -0.1) is 0 Å². The molecule has 0 saturated heterocycles. The van der Waals surface area contributed by atoms with Gasteiger partial charge in [-0.3, -0.25) is 14.3 Å². The highest BCUT2D eigenvalue weighted by atomic mass is 16.5. The van der Waals surface area contributed by atoms with Crippen molar-refractivity contribution in [1.29, 1.82) is 0 Å². The minimum absolute atomic E-state index is 0.159. The molecule has 2 aromatic heterocycles. The predicted molar refractivity (Wildman–Crippen MR) is 89.7 cm³/mol. The first-order chi connectivity index (χ1) is 12.2. The first-order valence-electron chi connectivity index (χ1n) is 7.63. The third-order valence-electron chi connectivity index (χ3n) is 3.47. The Kier molecular flexibility index (Phi) is 5.16. The van der Waals surface area contributed by atoms with E-state index in [9.17, 15) is 9.59 Å². The number of alkyl carbamates (subject to hydrolysis) is 1. The van der Waals surface area contributed by atoms with Crippen LogP contribution in [0.4, 0.5) is 4.79 Å². The normalized spacial score (nSPS) is 10.2. The van der Waals surface area contributed by atoms with Crippen molar-refractivity contribution in [1.82, 2.24) is 19.9 Å². The topological polar surface area (TPSA) is 86.1 Å². The zero-order valence-electron chi connectivity index (χ0n) is 13.3. The summed E-state index contributed by atoms with van der Waals surface area (Å²) >= 11 is 0. The maximum atomic E-state index is 12.1. The second-order valence-corrected chi connectivity index (χ2v) is 5.26. The average molecular weight is 336 g/mol. The van der Waals surface area contributed by atoms with E-state index in [1.54, 1.807) is 55.1 Å². The standard InChI is InChI=1S/C18H16N4O3/c23-17(22-9-8-20-13-22)16-5-3-14(4-6-16)11-21-18(24)25-12-15-2-1-7-19-10-15/h1-10,13H,11-12H2,(H,21,24). The third kappa shape index (κ3) is 4.51. The number of hydrogen-bond acceptors (Lipinski definition) is 5. The highest BCUT2D eigenvalue weighted by Crippen LogP contribution is 2.07. The molecule has 0 spiro atoms. The summed E-state index contributed by atoms with van der Waals surface area (Å²) < 4.78 is 6.51. The molecular weight excluding hydrogens is 320 g/mol. The molecule has 7 nitrogen and oxygen atoms in total. The van der Waals surface area contributed by atoms with Crippen LogP contribution in [0.3, 0.4) is 0 Å². The number of rotatable bonds is 5. The second-order valence-electron chi connectivity index (χ2n) is 5.26. The molecule has 0 aliphatic carbocycles. The first-order valence-corrected chi connectivity index (χ1v) is 7.63.